The first-order chi connectivity index (χ1) is 5.19. The zero-order valence-corrected chi connectivity index (χ0v) is 9.44. The van der Waals surface area contributed by atoms with Crippen LogP contribution in [-0.4, -0.2) is 22.5 Å². The predicted molar refractivity (Wildman–Crippen MR) is 56.4 cm³/mol. The molecule has 0 aliphatic carbocycles. The van der Waals surface area contributed by atoms with Gasteiger partial charge in [-0.3, -0.25) is 4.90 Å². The number of nitrogens with zero attached hydrogens (tertiary/aromatic N) is 1. The van der Waals surface area contributed by atoms with E-state index in [0.29, 0.717) is 0 Å². The Labute approximate surface area is 77.5 Å². The van der Waals surface area contributed by atoms with E-state index in [-0.39, 0.29) is 11.1 Å². The lowest BCUT2D eigenvalue weighted by Crippen LogP contribution is -2.52. The second-order valence-corrected chi connectivity index (χ2v) is 5.24. The van der Waals surface area contributed by atoms with Gasteiger partial charge in [0.05, 0.1) is 0 Å². The van der Waals surface area contributed by atoms with E-state index in [1.165, 1.54) is 0 Å². The van der Waals surface area contributed by atoms with Crippen LogP contribution < -0.4 is 0 Å². The molecule has 0 aliphatic rings. The van der Waals surface area contributed by atoms with Gasteiger partial charge in [0.25, 0.3) is 0 Å². The molecular weight excluding hydrogens is 146 g/mol. The normalized spacial score (nSPS) is 13.6. The molecule has 1 heteroatoms. The summed E-state index contributed by atoms with van der Waals surface area (Å²) in [6, 6.07) is 0. The summed E-state index contributed by atoms with van der Waals surface area (Å²) in [6.45, 7) is 18.2. The van der Waals surface area contributed by atoms with Gasteiger partial charge in [0.1, 0.15) is 0 Å². The molecular formula is C11H23N. The second kappa shape index (κ2) is 3.61. The van der Waals surface area contributed by atoms with Crippen molar-refractivity contribution in [3.8, 4) is 0 Å². The van der Waals surface area contributed by atoms with Crippen LogP contribution in [0.15, 0.2) is 12.7 Å². The van der Waals surface area contributed by atoms with E-state index in [9.17, 15) is 0 Å². The van der Waals surface area contributed by atoms with Gasteiger partial charge in [0.2, 0.25) is 0 Å². The van der Waals surface area contributed by atoms with Crippen molar-refractivity contribution < 1.29 is 0 Å². The topological polar surface area (TPSA) is 3.24 Å². The zero-order chi connectivity index (χ0) is 9.99. The summed E-state index contributed by atoms with van der Waals surface area (Å²) >= 11 is 0. The fourth-order valence-electron chi connectivity index (χ4n) is 1.68. The lowest BCUT2D eigenvalue weighted by molar-refractivity contribution is 0.0520. The first-order valence-corrected chi connectivity index (χ1v) is 4.58. The quantitative estimate of drug-likeness (QED) is 0.574. The Bertz CT molecular complexity index is 131. The van der Waals surface area contributed by atoms with E-state index in [1.807, 2.05) is 6.08 Å². The molecule has 0 fully saturated rings. The minimum absolute atomic E-state index is 0.215. The van der Waals surface area contributed by atoms with Crippen LogP contribution in [0.3, 0.4) is 0 Å². The minimum Gasteiger partial charge on any atom is -0.290 e. The Balaban J connectivity index is 4.56. The van der Waals surface area contributed by atoms with Gasteiger partial charge in [-0.2, -0.15) is 0 Å². The molecule has 0 saturated heterocycles. The molecule has 0 bridgehead atoms. The molecule has 12 heavy (non-hydrogen) atoms. The number of hydrogen-bond donors (Lipinski definition) is 0. The monoisotopic (exact) mass is 169 g/mol. The van der Waals surface area contributed by atoms with Crippen LogP contribution in [0, 0.1) is 0 Å². The van der Waals surface area contributed by atoms with Gasteiger partial charge in [0.15, 0.2) is 0 Å². The van der Waals surface area contributed by atoms with Crippen LogP contribution in [0.1, 0.15) is 41.5 Å². The van der Waals surface area contributed by atoms with Gasteiger partial charge in [-0.15, -0.1) is 6.58 Å². The molecule has 0 amide bonds. The van der Waals surface area contributed by atoms with Crippen molar-refractivity contribution in [3.05, 3.63) is 12.7 Å². The molecule has 0 unspecified atom stereocenters. The molecule has 1 nitrogen and oxygen atoms in total. The van der Waals surface area contributed by atoms with Crippen molar-refractivity contribution in [1.82, 2.24) is 4.90 Å². The van der Waals surface area contributed by atoms with Crippen LogP contribution in [-0.2, 0) is 0 Å². The number of hydrogen-bond acceptors (Lipinski definition) is 1. The summed E-state index contributed by atoms with van der Waals surface area (Å²) < 4.78 is 0. The number of rotatable bonds is 2. The Kier molecular flexibility index (Phi) is 3.52. The van der Waals surface area contributed by atoms with Crippen LogP contribution >= 0.6 is 0 Å². The SMILES string of the molecule is C=CCN(C(C)(C)C)C(C)(C)C. The Morgan fingerprint density at radius 2 is 1.33 bits per heavy atom. The summed E-state index contributed by atoms with van der Waals surface area (Å²) in [4.78, 5) is 2.44. The minimum atomic E-state index is 0.215. The van der Waals surface area contributed by atoms with Crippen LogP contribution in [0.5, 0.6) is 0 Å². The van der Waals surface area contributed by atoms with Gasteiger partial charge in [-0.25, -0.2) is 0 Å². The molecule has 0 heterocycles. The van der Waals surface area contributed by atoms with Crippen molar-refractivity contribution in [2.24, 2.45) is 0 Å². The van der Waals surface area contributed by atoms with Gasteiger partial charge in [-0.1, -0.05) is 6.08 Å². The Morgan fingerprint density at radius 3 is 1.42 bits per heavy atom. The highest BCUT2D eigenvalue weighted by Crippen LogP contribution is 2.23. The molecule has 0 aliphatic heterocycles. The molecule has 0 aromatic carbocycles. The molecule has 0 atom stereocenters. The predicted octanol–water partition coefficient (Wildman–Crippen LogP) is 3.07. The highest BCUT2D eigenvalue weighted by atomic mass is 15.2. The highest BCUT2D eigenvalue weighted by Gasteiger charge is 2.29. The molecule has 0 N–H and O–H groups in total. The van der Waals surface area contributed by atoms with Gasteiger partial charge in [0, 0.05) is 17.6 Å². The van der Waals surface area contributed by atoms with Gasteiger partial charge < -0.3 is 0 Å². The molecule has 72 valence electrons. The maximum absolute atomic E-state index is 3.79. The third-order valence-corrected chi connectivity index (χ3v) is 1.93. The first kappa shape index (κ1) is 11.7. The maximum atomic E-state index is 3.79. The first-order valence-electron chi connectivity index (χ1n) is 4.58. The van der Waals surface area contributed by atoms with E-state index < -0.39 is 0 Å². The molecule has 0 saturated carbocycles. The Hall–Kier alpha value is -0.300. The lowest BCUT2D eigenvalue weighted by atomic mass is 9.96. The standard InChI is InChI=1S/C11H23N/c1-8-9-12(10(2,3)4)11(5,6)7/h8H,1,9H2,2-7H3. The smallest absolute Gasteiger partial charge is 0.0171 e. The third kappa shape index (κ3) is 3.40. The summed E-state index contributed by atoms with van der Waals surface area (Å²) in [5.41, 5.74) is 0.429. The van der Waals surface area contributed by atoms with Crippen LogP contribution in [0.2, 0.25) is 0 Å². The average molecular weight is 169 g/mol. The summed E-state index contributed by atoms with van der Waals surface area (Å²) in [7, 11) is 0. The summed E-state index contributed by atoms with van der Waals surface area (Å²) in [5.74, 6) is 0. The van der Waals surface area contributed by atoms with Gasteiger partial charge >= 0.3 is 0 Å². The van der Waals surface area contributed by atoms with Gasteiger partial charge in [-0.05, 0) is 41.5 Å². The molecule has 0 radical (unpaired) electrons. The zero-order valence-electron chi connectivity index (χ0n) is 9.44. The highest BCUT2D eigenvalue weighted by molar-refractivity contribution is 4.90. The van der Waals surface area contributed by atoms with E-state index in [2.05, 4.69) is 53.0 Å². The second-order valence-electron chi connectivity index (χ2n) is 5.24. The summed E-state index contributed by atoms with van der Waals surface area (Å²) in [5, 5.41) is 0. The van der Waals surface area contributed by atoms with E-state index in [1.54, 1.807) is 0 Å². The Morgan fingerprint density at radius 1 is 1.00 bits per heavy atom. The molecule has 0 rings (SSSR count). The van der Waals surface area contributed by atoms with Crippen molar-refractivity contribution in [2.45, 2.75) is 52.6 Å². The van der Waals surface area contributed by atoms with Crippen molar-refractivity contribution in [2.75, 3.05) is 6.54 Å². The molecule has 0 spiro atoms. The maximum Gasteiger partial charge on any atom is 0.0171 e. The fraction of sp³-hybridized carbons (Fsp3) is 0.818. The molecule has 0 aromatic rings. The lowest BCUT2D eigenvalue weighted by Gasteiger charge is -2.44. The van der Waals surface area contributed by atoms with Crippen molar-refractivity contribution in [3.63, 3.8) is 0 Å². The van der Waals surface area contributed by atoms with E-state index >= 15 is 0 Å². The average Bonchev–Trinajstić information content (AvgIpc) is 1.77. The van der Waals surface area contributed by atoms with Crippen molar-refractivity contribution >= 4 is 0 Å². The van der Waals surface area contributed by atoms with Crippen LogP contribution in [0.4, 0.5) is 0 Å². The summed E-state index contributed by atoms with van der Waals surface area (Å²) in [6.07, 6.45) is 1.97. The molecule has 0 aromatic heterocycles. The van der Waals surface area contributed by atoms with Crippen LogP contribution in [0.25, 0.3) is 0 Å². The fourth-order valence-corrected chi connectivity index (χ4v) is 1.68. The third-order valence-electron chi connectivity index (χ3n) is 1.93. The van der Waals surface area contributed by atoms with E-state index in [4.69, 9.17) is 0 Å². The van der Waals surface area contributed by atoms with E-state index in [0.717, 1.165) is 6.54 Å². The van der Waals surface area contributed by atoms with Crippen molar-refractivity contribution in [1.29, 1.82) is 0 Å². The largest absolute Gasteiger partial charge is 0.290 e.